The lowest BCUT2D eigenvalue weighted by Crippen LogP contribution is -2.43. The van der Waals surface area contributed by atoms with Crippen molar-refractivity contribution >= 4 is 11.8 Å². The lowest BCUT2D eigenvalue weighted by atomic mass is 10.2. The lowest BCUT2D eigenvalue weighted by Gasteiger charge is -2.25. The molecular weight excluding hydrogens is 242 g/mol. The minimum Gasteiger partial charge on any atom is -0.443 e. The normalized spacial score (nSPS) is 14.7. The summed E-state index contributed by atoms with van der Waals surface area (Å²) in [5, 5.41) is 4.81. The Kier molecular flexibility index (Phi) is 3.64. The topological polar surface area (TPSA) is 53.6 Å². The quantitative estimate of drug-likeness (QED) is 0.857. The van der Waals surface area contributed by atoms with E-state index in [2.05, 4.69) is 10.7 Å². The fraction of sp³-hybridized carbons (Fsp3) is 0.357. The highest BCUT2D eigenvalue weighted by molar-refractivity contribution is 5.71. The second-order valence-electron chi connectivity index (χ2n) is 5.30. The van der Waals surface area contributed by atoms with Crippen molar-refractivity contribution in [3.63, 3.8) is 0 Å². The molecule has 1 amide bonds. The Balaban J connectivity index is 2.02. The second kappa shape index (κ2) is 5.22. The Hall–Kier alpha value is -2.17. The van der Waals surface area contributed by atoms with Crippen molar-refractivity contribution in [3.8, 4) is 0 Å². The predicted octanol–water partition coefficient (Wildman–Crippen LogP) is 2.29. The van der Waals surface area contributed by atoms with Gasteiger partial charge in [0.1, 0.15) is 12.3 Å². The standard InChI is InChI=1S/C14H19N3O2/c1-14(2,3)19-13(18)16-17-10-15-9-12(17)11-7-5-4-6-8-11/h4-9,15H,10H2,1-3H3,(H,16,18). The molecule has 0 spiro atoms. The smallest absolute Gasteiger partial charge is 0.426 e. The summed E-state index contributed by atoms with van der Waals surface area (Å²) in [6, 6.07) is 9.85. The Morgan fingerprint density at radius 1 is 1.32 bits per heavy atom. The van der Waals surface area contributed by atoms with E-state index in [-0.39, 0.29) is 0 Å². The van der Waals surface area contributed by atoms with Crippen molar-refractivity contribution < 1.29 is 9.53 Å². The van der Waals surface area contributed by atoms with E-state index in [9.17, 15) is 4.79 Å². The molecule has 0 aliphatic carbocycles. The van der Waals surface area contributed by atoms with Crippen molar-refractivity contribution in [1.29, 1.82) is 0 Å². The van der Waals surface area contributed by atoms with Gasteiger partial charge in [-0.1, -0.05) is 30.3 Å². The van der Waals surface area contributed by atoms with Gasteiger partial charge in [-0.2, -0.15) is 0 Å². The van der Waals surface area contributed by atoms with Gasteiger partial charge in [-0.25, -0.2) is 10.2 Å². The van der Waals surface area contributed by atoms with Crippen LogP contribution in [0.3, 0.4) is 0 Å². The van der Waals surface area contributed by atoms with E-state index < -0.39 is 11.7 Å². The average molecular weight is 261 g/mol. The Morgan fingerprint density at radius 2 is 2.00 bits per heavy atom. The van der Waals surface area contributed by atoms with E-state index in [0.717, 1.165) is 11.3 Å². The first-order valence-electron chi connectivity index (χ1n) is 6.22. The molecule has 0 radical (unpaired) electrons. The average Bonchev–Trinajstić information content (AvgIpc) is 2.75. The van der Waals surface area contributed by atoms with Gasteiger partial charge in [-0.3, -0.25) is 5.01 Å². The molecule has 0 saturated carbocycles. The molecule has 0 aromatic heterocycles. The van der Waals surface area contributed by atoms with E-state index in [4.69, 9.17) is 4.74 Å². The zero-order valence-corrected chi connectivity index (χ0v) is 11.4. The SMILES string of the molecule is CC(C)(C)OC(=O)NN1CNC=C1c1ccccc1. The summed E-state index contributed by atoms with van der Waals surface area (Å²) in [6.07, 6.45) is 1.41. The molecule has 102 valence electrons. The van der Waals surface area contributed by atoms with Gasteiger partial charge in [0.2, 0.25) is 0 Å². The molecule has 0 fully saturated rings. The van der Waals surface area contributed by atoms with Crippen molar-refractivity contribution in [2.75, 3.05) is 6.67 Å². The molecule has 5 heteroatoms. The van der Waals surface area contributed by atoms with Gasteiger partial charge in [0.15, 0.2) is 0 Å². The van der Waals surface area contributed by atoms with Crippen LogP contribution in [0.5, 0.6) is 0 Å². The van der Waals surface area contributed by atoms with Crippen LogP contribution in [0, 0.1) is 0 Å². The highest BCUT2D eigenvalue weighted by Crippen LogP contribution is 2.19. The van der Waals surface area contributed by atoms with Crippen LogP contribution in [0.2, 0.25) is 0 Å². The number of carbonyl (C=O) groups is 1. The summed E-state index contributed by atoms with van der Waals surface area (Å²) in [5.41, 5.74) is 4.16. The molecule has 0 unspecified atom stereocenters. The maximum absolute atomic E-state index is 11.8. The Morgan fingerprint density at radius 3 is 2.63 bits per heavy atom. The van der Waals surface area contributed by atoms with E-state index in [1.54, 1.807) is 5.01 Å². The molecule has 1 heterocycles. The number of hydrogen-bond donors (Lipinski definition) is 2. The summed E-state index contributed by atoms with van der Waals surface area (Å²) in [7, 11) is 0. The van der Waals surface area contributed by atoms with Crippen molar-refractivity contribution in [1.82, 2.24) is 15.8 Å². The van der Waals surface area contributed by atoms with Crippen LogP contribution in [-0.4, -0.2) is 23.4 Å². The molecule has 2 N–H and O–H groups in total. The summed E-state index contributed by atoms with van der Waals surface area (Å²) < 4.78 is 5.24. The van der Waals surface area contributed by atoms with Gasteiger partial charge < -0.3 is 10.1 Å². The summed E-state index contributed by atoms with van der Waals surface area (Å²) in [6.45, 7) is 6.03. The number of nitrogens with one attached hydrogen (secondary N) is 2. The molecule has 0 saturated heterocycles. The molecule has 1 aromatic rings. The van der Waals surface area contributed by atoms with Crippen molar-refractivity contribution in [2.45, 2.75) is 26.4 Å². The van der Waals surface area contributed by atoms with E-state index in [1.165, 1.54) is 0 Å². The lowest BCUT2D eigenvalue weighted by molar-refractivity contribution is 0.0410. The van der Waals surface area contributed by atoms with Gasteiger partial charge in [0, 0.05) is 11.8 Å². The summed E-state index contributed by atoms with van der Waals surface area (Å²) in [4.78, 5) is 11.8. The molecule has 1 aromatic carbocycles. The van der Waals surface area contributed by atoms with Crippen LogP contribution in [-0.2, 0) is 4.74 Å². The number of hydrogen-bond acceptors (Lipinski definition) is 4. The zero-order valence-electron chi connectivity index (χ0n) is 11.4. The van der Waals surface area contributed by atoms with Gasteiger partial charge >= 0.3 is 6.09 Å². The van der Waals surface area contributed by atoms with Crippen molar-refractivity contribution in [3.05, 3.63) is 42.1 Å². The molecule has 1 aliphatic rings. The molecule has 5 nitrogen and oxygen atoms in total. The van der Waals surface area contributed by atoms with Gasteiger partial charge in [-0.05, 0) is 20.8 Å². The van der Waals surface area contributed by atoms with Gasteiger partial charge in [-0.15, -0.1) is 0 Å². The van der Waals surface area contributed by atoms with Crippen LogP contribution in [0.1, 0.15) is 26.3 Å². The minimum absolute atomic E-state index is 0.460. The third kappa shape index (κ3) is 3.64. The van der Waals surface area contributed by atoms with Crippen molar-refractivity contribution in [2.24, 2.45) is 0 Å². The largest absolute Gasteiger partial charge is 0.443 e. The Bertz CT molecular complexity index is 477. The van der Waals surface area contributed by atoms with E-state index in [0.29, 0.717) is 6.67 Å². The number of benzene rings is 1. The third-order valence-corrected chi connectivity index (χ3v) is 2.47. The zero-order chi connectivity index (χ0) is 13.9. The number of carbonyl (C=O) groups excluding carboxylic acids is 1. The highest BCUT2D eigenvalue weighted by atomic mass is 16.6. The number of nitrogens with zero attached hydrogens (tertiary/aromatic N) is 1. The predicted molar refractivity (Wildman–Crippen MR) is 73.6 cm³/mol. The van der Waals surface area contributed by atoms with Crippen LogP contribution < -0.4 is 10.7 Å². The van der Waals surface area contributed by atoms with Crippen LogP contribution in [0.4, 0.5) is 4.79 Å². The maximum Gasteiger partial charge on any atom is 0.426 e. The molecule has 19 heavy (non-hydrogen) atoms. The van der Waals surface area contributed by atoms with E-state index in [1.807, 2.05) is 57.3 Å². The molecule has 1 aliphatic heterocycles. The molecule has 0 bridgehead atoms. The maximum atomic E-state index is 11.8. The number of rotatable bonds is 2. The fourth-order valence-corrected chi connectivity index (χ4v) is 1.76. The fourth-order valence-electron chi connectivity index (χ4n) is 1.76. The second-order valence-corrected chi connectivity index (χ2v) is 5.30. The minimum atomic E-state index is -0.506. The monoisotopic (exact) mass is 261 g/mol. The van der Waals surface area contributed by atoms with Crippen LogP contribution >= 0.6 is 0 Å². The molecule has 2 rings (SSSR count). The first kappa shape index (κ1) is 13.3. The number of amides is 1. The highest BCUT2D eigenvalue weighted by Gasteiger charge is 2.22. The Labute approximate surface area is 113 Å². The van der Waals surface area contributed by atoms with Crippen LogP contribution in [0.25, 0.3) is 5.70 Å². The molecule has 0 atom stereocenters. The number of hydrazine groups is 1. The summed E-state index contributed by atoms with van der Waals surface area (Å²) in [5.74, 6) is 0. The third-order valence-electron chi connectivity index (χ3n) is 2.47. The summed E-state index contributed by atoms with van der Waals surface area (Å²) >= 11 is 0. The molecular formula is C14H19N3O2. The van der Waals surface area contributed by atoms with Gasteiger partial charge in [0.25, 0.3) is 0 Å². The first-order valence-corrected chi connectivity index (χ1v) is 6.22. The van der Waals surface area contributed by atoms with Gasteiger partial charge in [0.05, 0.1) is 5.70 Å². The van der Waals surface area contributed by atoms with Crippen LogP contribution in [0.15, 0.2) is 36.5 Å². The number of ether oxygens (including phenoxy) is 1. The first-order chi connectivity index (χ1) is 8.96. The van der Waals surface area contributed by atoms with E-state index >= 15 is 0 Å².